The van der Waals surface area contributed by atoms with E-state index in [2.05, 4.69) is 57.5 Å². The first-order chi connectivity index (χ1) is 13.6. The molecule has 1 N–H and O–H groups in total. The molecule has 2 aromatic heterocycles. The molecule has 2 heterocycles. The van der Waals surface area contributed by atoms with Crippen LogP contribution < -0.4 is 5.32 Å². The van der Waals surface area contributed by atoms with Crippen molar-refractivity contribution in [1.82, 2.24) is 14.8 Å². The van der Waals surface area contributed by atoms with Crippen molar-refractivity contribution < 1.29 is 4.79 Å². The van der Waals surface area contributed by atoms with Gasteiger partial charge >= 0.3 is 0 Å². The molecule has 0 spiro atoms. The number of rotatable bonds is 8. The number of amides is 1. The summed E-state index contributed by atoms with van der Waals surface area (Å²) in [6, 6.07) is 12.7. The predicted octanol–water partition coefficient (Wildman–Crippen LogP) is 5.12. The summed E-state index contributed by atoms with van der Waals surface area (Å²) >= 11 is 3.21. The molecular weight excluding hydrogens is 388 g/mol. The number of carbonyl (C=O) groups is 1. The Hall–Kier alpha value is -2.12. The first-order valence-corrected chi connectivity index (χ1v) is 11.5. The molecule has 146 valence electrons. The van der Waals surface area contributed by atoms with E-state index in [0.29, 0.717) is 17.7 Å². The molecule has 3 aromatic rings. The van der Waals surface area contributed by atoms with Crippen molar-refractivity contribution in [2.45, 2.75) is 50.2 Å². The summed E-state index contributed by atoms with van der Waals surface area (Å²) < 4.78 is 2.23. The topological polar surface area (TPSA) is 59.8 Å². The molecule has 1 aliphatic rings. The van der Waals surface area contributed by atoms with Gasteiger partial charge in [0.15, 0.2) is 5.16 Å². The van der Waals surface area contributed by atoms with E-state index in [-0.39, 0.29) is 5.91 Å². The number of thioether (sulfide) groups is 1. The fraction of sp³-hybridized carbons (Fsp3) is 0.381. The normalized spacial score (nSPS) is 13.8. The maximum Gasteiger partial charge on any atom is 0.234 e. The number of nitrogens with zero attached hydrogens (tertiary/aromatic N) is 3. The van der Waals surface area contributed by atoms with Crippen molar-refractivity contribution in [3.63, 3.8) is 0 Å². The van der Waals surface area contributed by atoms with Crippen LogP contribution in [-0.2, 0) is 11.2 Å². The molecule has 28 heavy (non-hydrogen) atoms. The smallest absolute Gasteiger partial charge is 0.234 e. The van der Waals surface area contributed by atoms with Gasteiger partial charge in [0.05, 0.1) is 5.75 Å². The van der Waals surface area contributed by atoms with E-state index in [1.165, 1.54) is 22.2 Å². The lowest BCUT2D eigenvalue weighted by molar-refractivity contribution is -0.113. The number of hydrogen-bond donors (Lipinski definition) is 1. The molecule has 4 rings (SSSR count). The summed E-state index contributed by atoms with van der Waals surface area (Å²) in [7, 11) is 0. The van der Waals surface area contributed by atoms with Gasteiger partial charge in [-0.3, -0.25) is 4.79 Å². The largest absolute Gasteiger partial charge is 0.325 e. The van der Waals surface area contributed by atoms with Gasteiger partial charge in [0, 0.05) is 23.0 Å². The second-order valence-electron chi connectivity index (χ2n) is 7.37. The van der Waals surface area contributed by atoms with Crippen molar-refractivity contribution in [2.75, 3.05) is 11.1 Å². The van der Waals surface area contributed by atoms with E-state index in [1.807, 2.05) is 18.2 Å². The summed E-state index contributed by atoms with van der Waals surface area (Å²) in [4.78, 5) is 13.7. The van der Waals surface area contributed by atoms with Crippen molar-refractivity contribution in [3.8, 4) is 0 Å². The molecule has 0 unspecified atom stereocenters. The van der Waals surface area contributed by atoms with Gasteiger partial charge in [-0.15, -0.1) is 21.5 Å². The summed E-state index contributed by atoms with van der Waals surface area (Å²) in [5.74, 6) is 1.74. The minimum atomic E-state index is -0.0175. The SMILES string of the molecule is CC(C)c1cccc(NC(=O)CSc2nnc(Cc3cccs3)n2C2CC2)c1. The van der Waals surface area contributed by atoms with E-state index in [4.69, 9.17) is 0 Å². The third kappa shape index (κ3) is 4.64. The van der Waals surface area contributed by atoms with Crippen LogP contribution in [0.3, 0.4) is 0 Å². The predicted molar refractivity (Wildman–Crippen MR) is 115 cm³/mol. The van der Waals surface area contributed by atoms with Crippen LogP contribution in [0.1, 0.15) is 54.9 Å². The Morgan fingerprint density at radius 3 is 2.86 bits per heavy atom. The molecule has 0 saturated heterocycles. The van der Waals surface area contributed by atoms with Gasteiger partial charge in [0.25, 0.3) is 0 Å². The molecule has 7 heteroatoms. The average Bonchev–Trinajstić information content (AvgIpc) is 3.23. The van der Waals surface area contributed by atoms with E-state index in [9.17, 15) is 4.79 Å². The van der Waals surface area contributed by atoms with Crippen LogP contribution in [0, 0.1) is 0 Å². The maximum atomic E-state index is 12.4. The van der Waals surface area contributed by atoms with Crippen LogP contribution in [0.5, 0.6) is 0 Å². The molecule has 0 bridgehead atoms. The molecule has 1 fully saturated rings. The Kier molecular flexibility index (Phi) is 5.82. The third-order valence-electron chi connectivity index (χ3n) is 4.73. The Morgan fingerprint density at radius 1 is 1.29 bits per heavy atom. The second kappa shape index (κ2) is 8.49. The zero-order chi connectivity index (χ0) is 19.5. The van der Waals surface area contributed by atoms with Crippen LogP contribution in [0.4, 0.5) is 5.69 Å². The standard InChI is InChI=1S/C21H24N4OS2/c1-14(2)15-5-3-6-16(11-15)22-20(26)13-28-21-24-23-19(25(21)17-8-9-17)12-18-7-4-10-27-18/h3-7,10-11,14,17H,8-9,12-13H2,1-2H3,(H,22,26). The highest BCUT2D eigenvalue weighted by molar-refractivity contribution is 7.99. The van der Waals surface area contributed by atoms with Crippen LogP contribution in [-0.4, -0.2) is 26.4 Å². The summed E-state index contributed by atoms with van der Waals surface area (Å²) in [6.45, 7) is 4.30. The number of nitrogens with one attached hydrogen (secondary N) is 1. The lowest BCUT2D eigenvalue weighted by Crippen LogP contribution is -2.15. The fourth-order valence-corrected chi connectivity index (χ4v) is 4.62. The summed E-state index contributed by atoms with van der Waals surface area (Å²) in [6.07, 6.45) is 3.13. The Bertz CT molecular complexity index is 945. The molecule has 1 saturated carbocycles. The molecule has 5 nitrogen and oxygen atoms in total. The van der Waals surface area contributed by atoms with Gasteiger partial charge in [-0.1, -0.05) is 43.8 Å². The molecule has 1 amide bonds. The van der Waals surface area contributed by atoms with Gasteiger partial charge < -0.3 is 9.88 Å². The van der Waals surface area contributed by atoms with E-state index >= 15 is 0 Å². The van der Waals surface area contributed by atoms with Crippen LogP contribution in [0.25, 0.3) is 0 Å². The lowest BCUT2D eigenvalue weighted by atomic mass is 10.0. The number of anilines is 1. The van der Waals surface area contributed by atoms with Crippen molar-refractivity contribution in [3.05, 3.63) is 58.0 Å². The van der Waals surface area contributed by atoms with E-state index in [1.54, 1.807) is 11.3 Å². The Morgan fingerprint density at radius 2 is 2.14 bits per heavy atom. The van der Waals surface area contributed by atoms with Crippen molar-refractivity contribution in [2.24, 2.45) is 0 Å². The number of carbonyl (C=O) groups excluding carboxylic acids is 1. The van der Waals surface area contributed by atoms with Crippen molar-refractivity contribution in [1.29, 1.82) is 0 Å². The van der Waals surface area contributed by atoms with Gasteiger partial charge in [0.2, 0.25) is 5.91 Å². The summed E-state index contributed by atoms with van der Waals surface area (Å²) in [5.41, 5.74) is 2.07. The van der Waals surface area contributed by atoms with Gasteiger partial charge in [0.1, 0.15) is 5.82 Å². The van der Waals surface area contributed by atoms with Gasteiger partial charge in [-0.2, -0.15) is 0 Å². The monoisotopic (exact) mass is 412 g/mol. The zero-order valence-electron chi connectivity index (χ0n) is 16.1. The van der Waals surface area contributed by atoms with Crippen LogP contribution in [0.15, 0.2) is 46.9 Å². The number of thiophene rings is 1. The third-order valence-corrected chi connectivity index (χ3v) is 6.55. The second-order valence-corrected chi connectivity index (χ2v) is 9.35. The first-order valence-electron chi connectivity index (χ1n) is 9.59. The highest BCUT2D eigenvalue weighted by atomic mass is 32.2. The van der Waals surface area contributed by atoms with E-state index in [0.717, 1.165) is 35.9 Å². The van der Waals surface area contributed by atoms with Crippen LogP contribution >= 0.6 is 23.1 Å². The minimum absolute atomic E-state index is 0.0175. The number of benzene rings is 1. The van der Waals surface area contributed by atoms with Crippen molar-refractivity contribution >= 4 is 34.7 Å². The highest BCUT2D eigenvalue weighted by Crippen LogP contribution is 2.39. The molecule has 1 aromatic carbocycles. The minimum Gasteiger partial charge on any atom is -0.325 e. The average molecular weight is 413 g/mol. The molecule has 0 radical (unpaired) electrons. The first kappa shape index (κ1) is 19.2. The Labute approximate surface area is 173 Å². The number of hydrogen-bond acceptors (Lipinski definition) is 5. The quantitative estimate of drug-likeness (QED) is 0.522. The summed E-state index contributed by atoms with van der Waals surface area (Å²) in [5, 5.41) is 14.7. The zero-order valence-corrected chi connectivity index (χ0v) is 17.7. The fourth-order valence-electron chi connectivity index (χ4n) is 3.10. The van der Waals surface area contributed by atoms with E-state index < -0.39 is 0 Å². The lowest BCUT2D eigenvalue weighted by Gasteiger charge is -2.10. The van der Waals surface area contributed by atoms with Gasteiger partial charge in [-0.25, -0.2) is 0 Å². The van der Waals surface area contributed by atoms with Gasteiger partial charge in [-0.05, 0) is 47.9 Å². The van der Waals surface area contributed by atoms with Crippen LogP contribution in [0.2, 0.25) is 0 Å². The molecule has 0 aliphatic heterocycles. The maximum absolute atomic E-state index is 12.4. The number of aromatic nitrogens is 3. The highest BCUT2D eigenvalue weighted by Gasteiger charge is 2.30. The molecular formula is C21H24N4OS2. The molecule has 0 atom stereocenters. The molecule has 1 aliphatic carbocycles. The Balaban J connectivity index is 1.40.